The second-order valence-electron chi connectivity index (χ2n) is 7.25. The predicted molar refractivity (Wildman–Crippen MR) is 111 cm³/mol. The molecule has 2 aromatic carbocycles. The molecule has 28 heavy (non-hydrogen) atoms. The molecule has 1 aliphatic heterocycles. The number of hydrogen-bond acceptors (Lipinski definition) is 5. The zero-order valence-corrected chi connectivity index (χ0v) is 16.3. The van der Waals surface area contributed by atoms with Gasteiger partial charge in [-0.25, -0.2) is 4.79 Å². The molecule has 0 unspecified atom stereocenters. The molecule has 146 valence electrons. The maximum Gasteiger partial charge on any atom is 0.321 e. The van der Waals surface area contributed by atoms with Crippen molar-refractivity contribution in [2.24, 2.45) is 0 Å². The predicted octanol–water partition coefficient (Wildman–Crippen LogP) is 3.24. The third kappa shape index (κ3) is 4.09. The normalized spacial score (nSPS) is 15.0. The molecule has 1 fully saturated rings. The van der Waals surface area contributed by atoms with Crippen molar-refractivity contribution in [1.82, 2.24) is 14.8 Å². The lowest BCUT2D eigenvalue weighted by atomic mass is 10.2. The molecule has 4 rings (SSSR count). The van der Waals surface area contributed by atoms with E-state index in [0.29, 0.717) is 30.4 Å². The number of piperazine rings is 1. The summed E-state index contributed by atoms with van der Waals surface area (Å²) in [5.41, 5.74) is 3.45. The molecule has 0 aliphatic carbocycles. The number of carbonyl (C=O) groups excluding carboxylic acids is 1. The summed E-state index contributed by atoms with van der Waals surface area (Å²) in [6, 6.07) is 16.4. The van der Waals surface area contributed by atoms with E-state index in [1.807, 2.05) is 48.2 Å². The first kappa shape index (κ1) is 18.3. The largest absolute Gasteiger partial charge is 0.423 e. The molecule has 7 nitrogen and oxygen atoms in total. The number of carbonyl (C=O) groups is 1. The van der Waals surface area contributed by atoms with Crippen LogP contribution in [0.5, 0.6) is 0 Å². The van der Waals surface area contributed by atoms with Crippen molar-refractivity contribution >= 4 is 28.8 Å². The average Bonchev–Trinajstić information content (AvgIpc) is 3.13. The van der Waals surface area contributed by atoms with Crippen LogP contribution in [0.1, 0.15) is 5.56 Å². The van der Waals surface area contributed by atoms with Crippen LogP contribution in [-0.4, -0.2) is 61.1 Å². The highest BCUT2D eigenvalue weighted by Crippen LogP contribution is 2.24. The van der Waals surface area contributed by atoms with Gasteiger partial charge in [-0.05, 0) is 17.7 Å². The lowest BCUT2D eigenvalue weighted by Gasteiger charge is -2.34. The maximum atomic E-state index is 12.6. The topological polar surface area (TPSA) is 64.9 Å². The standard InChI is InChI=1S/C21H25N5O2/c1-24(2)21-23-18-9-8-17(14-19(18)28-21)22-20(27)26-12-10-25(11-13-26)15-16-6-4-3-5-7-16/h3-9,14H,10-13,15H2,1-2H3,(H,22,27). The molecule has 0 bridgehead atoms. The van der Waals surface area contributed by atoms with Crippen molar-refractivity contribution in [2.45, 2.75) is 6.54 Å². The van der Waals surface area contributed by atoms with Crippen molar-refractivity contribution in [3.63, 3.8) is 0 Å². The number of nitrogens with zero attached hydrogens (tertiary/aromatic N) is 4. The molecule has 7 heteroatoms. The van der Waals surface area contributed by atoms with Crippen molar-refractivity contribution in [2.75, 3.05) is 50.5 Å². The second kappa shape index (κ2) is 7.90. The first-order valence-corrected chi connectivity index (χ1v) is 9.48. The fraction of sp³-hybridized carbons (Fsp3) is 0.333. The van der Waals surface area contributed by atoms with E-state index >= 15 is 0 Å². The van der Waals surface area contributed by atoms with Gasteiger partial charge in [0.1, 0.15) is 5.52 Å². The molecule has 0 radical (unpaired) electrons. The summed E-state index contributed by atoms with van der Waals surface area (Å²) in [5.74, 6) is 0. The summed E-state index contributed by atoms with van der Waals surface area (Å²) in [6.45, 7) is 4.10. The van der Waals surface area contributed by atoms with Crippen molar-refractivity contribution in [3.05, 3.63) is 54.1 Å². The van der Waals surface area contributed by atoms with Gasteiger partial charge in [0, 0.05) is 58.6 Å². The van der Waals surface area contributed by atoms with Gasteiger partial charge in [0.25, 0.3) is 6.01 Å². The van der Waals surface area contributed by atoms with Gasteiger partial charge in [-0.2, -0.15) is 4.98 Å². The van der Waals surface area contributed by atoms with E-state index in [4.69, 9.17) is 4.42 Å². The Labute approximate surface area is 164 Å². The van der Waals surface area contributed by atoms with E-state index in [1.165, 1.54) is 5.56 Å². The Morgan fingerprint density at radius 2 is 1.86 bits per heavy atom. The fourth-order valence-corrected chi connectivity index (χ4v) is 3.33. The van der Waals surface area contributed by atoms with Crippen LogP contribution >= 0.6 is 0 Å². The monoisotopic (exact) mass is 379 g/mol. The number of anilines is 2. The van der Waals surface area contributed by atoms with Crippen molar-refractivity contribution in [1.29, 1.82) is 0 Å². The highest BCUT2D eigenvalue weighted by Gasteiger charge is 2.21. The minimum Gasteiger partial charge on any atom is -0.423 e. The lowest BCUT2D eigenvalue weighted by Crippen LogP contribution is -2.49. The van der Waals surface area contributed by atoms with Gasteiger partial charge >= 0.3 is 6.03 Å². The zero-order valence-electron chi connectivity index (χ0n) is 16.3. The third-order valence-corrected chi connectivity index (χ3v) is 4.92. The maximum absolute atomic E-state index is 12.6. The Hall–Kier alpha value is -3.06. The van der Waals surface area contributed by atoms with Crippen LogP contribution in [0.4, 0.5) is 16.5 Å². The zero-order chi connectivity index (χ0) is 19.5. The number of oxazole rings is 1. The minimum atomic E-state index is -0.0777. The summed E-state index contributed by atoms with van der Waals surface area (Å²) in [6.07, 6.45) is 0. The van der Waals surface area contributed by atoms with E-state index in [0.717, 1.165) is 25.2 Å². The van der Waals surface area contributed by atoms with E-state index in [9.17, 15) is 4.79 Å². The van der Waals surface area contributed by atoms with Gasteiger partial charge in [-0.15, -0.1) is 0 Å². The van der Waals surface area contributed by atoms with Gasteiger partial charge in [0.2, 0.25) is 0 Å². The van der Waals surface area contributed by atoms with E-state index < -0.39 is 0 Å². The highest BCUT2D eigenvalue weighted by molar-refractivity contribution is 5.91. The summed E-state index contributed by atoms with van der Waals surface area (Å²) in [4.78, 5) is 23.1. The Balaban J connectivity index is 1.33. The smallest absolute Gasteiger partial charge is 0.321 e. The van der Waals surface area contributed by atoms with E-state index in [-0.39, 0.29) is 6.03 Å². The summed E-state index contributed by atoms with van der Waals surface area (Å²) >= 11 is 0. The molecule has 1 N–H and O–H groups in total. The van der Waals surface area contributed by atoms with Crippen LogP contribution < -0.4 is 10.2 Å². The van der Waals surface area contributed by atoms with E-state index in [1.54, 1.807) is 0 Å². The molecule has 2 heterocycles. The number of nitrogens with one attached hydrogen (secondary N) is 1. The van der Waals surface area contributed by atoms with Crippen LogP contribution in [0, 0.1) is 0 Å². The van der Waals surface area contributed by atoms with Crippen LogP contribution in [-0.2, 0) is 6.54 Å². The van der Waals surface area contributed by atoms with Crippen LogP contribution in [0.25, 0.3) is 11.1 Å². The number of fused-ring (bicyclic) bond motifs is 1. The van der Waals surface area contributed by atoms with Gasteiger partial charge in [-0.1, -0.05) is 30.3 Å². The molecule has 3 aromatic rings. The second-order valence-corrected chi connectivity index (χ2v) is 7.25. The Morgan fingerprint density at radius 1 is 1.11 bits per heavy atom. The highest BCUT2D eigenvalue weighted by atomic mass is 16.4. The molecular formula is C21H25N5O2. The Kier molecular flexibility index (Phi) is 5.16. The number of benzene rings is 2. The first-order valence-electron chi connectivity index (χ1n) is 9.48. The summed E-state index contributed by atoms with van der Waals surface area (Å²) < 4.78 is 5.71. The molecule has 1 aromatic heterocycles. The Bertz CT molecular complexity index is 946. The van der Waals surface area contributed by atoms with Crippen molar-refractivity contribution in [3.8, 4) is 0 Å². The number of hydrogen-bond donors (Lipinski definition) is 1. The van der Waals surface area contributed by atoms with Gasteiger partial charge < -0.3 is 19.5 Å². The first-order chi connectivity index (χ1) is 13.6. The molecule has 1 saturated heterocycles. The SMILES string of the molecule is CN(C)c1nc2ccc(NC(=O)N3CCN(Cc4ccccc4)CC3)cc2o1. The van der Waals surface area contributed by atoms with Crippen LogP contribution in [0.2, 0.25) is 0 Å². The Morgan fingerprint density at radius 3 is 2.57 bits per heavy atom. The summed E-state index contributed by atoms with van der Waals surface area (Å²) in [5, 5.41) is 2.97. The molecule has 0 saturated carbocycles. The molecule has 0 spiro atoms. The molecule has 0 atom stereocenters. The fourth-order valence-electron chi connectivity index (χ4n) is 3.33. The lowest BCUT2D eigenvalue weighted by molar-refractivity contribution is 0.143. The van der Waals surface area contributed by atoms with Gasteiger partial charge in [0.15, 0.2) is 5.58 Å². The van der Waals surface area contributed by atoms with Crippen LogP contribution in [0.3, 0.4) is 0 Å². The van der Waals surface area contributed by atoms with Crippen LogP contribution in [0.15, 0.2) is 52.9 Å². The number of rotatable bonds is 4. The third-order valence-electron chi connectivity index (χ3n) is 4.92. The van der Waals surface area contributed by atoms with Crippen molar-refractivity contribution < 1.29 is 9.21 Å². The average molecular weight is 379 g/mol. The molecule has 2 amide bonds. The van der Waals surface area contributed by atoms with Gasteiger partial charge in [-0.3, -0.25) is 4.90 Å². The minimum absolute atomic E-state index is 0.0777. The number of urea groups is 1. The quantitative estimate of drug-likeness (QED) is 0.754. The van der Waals surface area contributed by atoms with Gasteiger partial charge in [0.05, 0.1) is 0 Å². The number of aromatic nitrogens is 1. The van der Waals surface area contributed by atoms with E-state index in [2.05, 4.69) is 39.5 Å². The number of amides is 2. The summed E-state index contributed by atoms with van der Waals surface area (Å²) in [7, 11) is 3.76. The molecular weight excluding hydrogens is 354 g/mol. The molecule has 1 aliphatic rings.